The zero-order valence-corrected chi connectivity index (χ0v) is 13.3. The molecule has 2 amide bonds. The monoisotopic (exact) mass is 333 g/mol. The summed E-state index contributed by atoms with van der Waals surface area (Å²) in [4.78, 5) is 26.1. The molecule has 2 N–H and O–H groups in total. The highest BCUT2D eigenvalue weighted by atomic mass is 35.5. The predicted octanol–water partition coefficient (Wildman–Crippen LogP) is 2.47. The van der Waals surface area contributed by atoms with Crippen molar-refractivity contribution in [2.24, 2.45) is 0 Å². The third kappa shape index (κ3) is 6.20. The highest BCUT2D eigenvalue weighted by Gasteiger charge is 2.18. The Balaban J connectivity index is 2.79. The summed E-state index contributed by atoms with van der Waals surface area (Å²) in [6.07, 6.45) is 0. The van der Waals surface area contributed by atoms with E-state index in [1.807, 2.05) is 19.0 Å². The number of anilines is 1. The molecule has 0 saturated carbocycles. The van der Waals surface area contributed by atoms with Crippen molar-refractivity contribution in [3.63, 3.8) is 0 Å². The van der Waals surface area contributed by atoms with E-state index in [4.69, 9.17) is 28.3 Å². The van der Waals surface area contributed by atoms with Gasteiger partial charge in [-0.3, -0.25) is 4.79 Å². The lowest BCUT2D eigenvalue weighted by atomic mass is 10.3. The minimum Gasteiger partial charge on any atom is -0.480 e. The van der Waals surface area contributed by atoms with Crippen LogP contribution in [0.1, 0.15) is 0 Å². The fraction of sp³-hybridized carbons (Fsp3) is 0.385. The average Bonchev–Trinajstić information content (AvgIpc) is 2.38. The largest absolute Gasteiger partial charge is 0.480 e. The number of urea groups is 1. The number of carbonyl (C=O) groups is 2. The fourth-order valence-electron chi connectivity index (χ4n) is 1.52. The Labute approximate surface area is 133 Å². The van der Waals surface area contributed by atoms with Crippen LogP contribution >= 0.6 is 23.2 Å². The lowest BCUT2D eigenvalue weighted by molar-refractivity contribution is -0.137. The van der Waals surface area contributed by atoms with Crippen LogP contribution in [0.25, 0.3) is 0 Å². The lowest BCUT2D eigenvalue weighted by Crippen LogP contribution is -2.42. The Morgan fingerprint density at radius 1 is 1.24 bits per heavy atom. The molecule has 1 rings (SSSR count). The molecule has 0 bridgehead atoms. The van der Waals surface area contributed by atoms with E-state index in [0.29, 0.717) is 22.3 Å². The maximum atomic E-state index is 12.2. The van der Waals surface area contributed by atoms with Gasteiger partial charge in [-0.1, -0.05) is 23.2 Å². The number of amides is 2. The second-order valence-electron chi connectivity index (χ2n) is 4.67. The van der Waals surface area contributed by atoms with Crippen molar-refractivity contribution >= 4 is 40.9 Å². The van der Waals surface area contributed by atoms with E-state index < -0.39 is 18.5 Å². The number of hydrogen-bond acceptors (Lipinski definition) is 3. The number of benzene rings is 1. The number of aliphatic carboxylic acids is 1. The van der Waals surface area contributed by atoms with E-state index in [1.54, 1.807) is 12.1 Å². The Morgan fingerprint density at radius 2 is 1.90 bits per heavy atom. The topological polar surface area (TPSA) is 72.9 Å². The number of likely N-dealkylation sites (N-methyl/N-ethyl adjacent to an activating group) is 1. The molecule has 8 heteroatoms. The molecular formula is C13H17Cl2N3O3. The van der Waals surface area contributed by atoms with Crippen LogP contribution in [-0.4, -0.2) is 60.6 Å². The quantitative estimate of drug-likeness (QED) is 0.838. The number of hydrogen-bond donors (Lipinski definition) is 2. The van der Waals surface area contributed by atoms with Gasteiger partial charge in [-0.15, -0.1) is 0 Å². The van der Waals surface area contributed by atoms with Gasteiger partial charge in [0.25, 0.3) is 0 Å². The van der Waals surface area contributed by atoms with Gasteiger partial charge in [-0.05, 0) is 32.3 Å². The van der Waals surface area contributed by atoms with Crippen LogP contribution in [0.4, 0.5) is 10.5 Å². The Bertz CT molecular complexity index is 523. The minimum atomic E-state index is -1.08. The van der Waals surface area contributed by atoms with Crippen LogP contribution in [-0.2, 0) is 4.79 Å². The van der Waals surface area contributed by atoms with Crippen LogP contribution in [0.5, 0.6) is 0 Å². The molecule has 0 aliphatic heterocycles. The first-order valence-electron chi connectivity index (χ1n) is 6.17. The SMILES string of the molecule is CN(C)CCN(CC(=O)O)C(=O)Nc1cc(Cl)ccc1Cl. The van der Waals surface area contributed by atoms with Crippen LogP contribution in [0.2, 0.25) is 10.0 Å². The summed E-state index contributed by atoms with van der Waals surface area (Å²) in [6, 6.07) is 4.12. The van der Waals surface area contributed by atoms with Crippen molar-refractivity contribution in [2.45, 2.75) is 0 Å². The van der Waals surface area contributed by atoms with Gasteiger partial charge in [0.15, 0.2) is 0 Å². The number of nitrogens with zero attached hydrogens (tertiary/aromatic N) is 2. The molecule has 0 spiro atoms. The molecule has 0 atom stereocenters. The summed E-state index contributed by atoms with van der Waals surface area (Å²) >= 11 is 11.8. The molecule has 1 aromatic carbocycles. The zero-order valence-electron chi connectivity index (χ0n) is 11.8. The molecule has 0 heterocycles. The van der Waals surface area contributed by atoms with Crippen molar-refractivity contribution in [2.75, 3.05) is 39.0 Å². The normalized spacial score (nSPS) is 10.5. The first kappa shape index (κ1) is 17.6. The van der Waals surface area contributed by atoms with Crippen molar-refractivity contribution < 1.29 is 14.7 Å². The number of carboxylic acid groups (broad SMARTS) is 1. The van der Waals surface area contributed by atoms with Gasteiger partial charge < -0.3 is 20.2 Å². The van der Waals surface area contributed by atoms with Crippen molar-refractivity contribution in [3.05, 3.63) is 28.2 Å². The van der Waals surface area contributed by atoms with Gasteiger partial charge in [0.1, 0.15) is 6.54 Å². The summed E-state index contributed by atoms with van der Waals surface area (Å²) in [5.74, 6) is -1.08. The van der Waals surface area contributed by atoms with E-state index in [9.17, 15) is 9.59 Å². The molecule has 0 unspecified atom stereocenters. The summed E-state index contributed by atoms with van der Waals surface area (Å²) < 4.78 is 0. The van der Waals surface area contributed by atoms with Crippen LogP contribution in [0.15, 0.2) is 18.2 Å². The van der Waals surface area contributed by atoms with Crippen molar-refractivity contribution in [1.82, 2.24) is 9.80 Å². The molecule has 0 radical (unpaired) electrons. The third-order valence-corrected chi connectivity index (χ3v) is 3.17. The van der Waals surface area contributed by atoms with Crippen LogP contribution in [0.3, 0.4) is 0 Å². The first-order valence-corrected chi connectivity index (χ1v) is 6.92. The van der Waals surface area contributed by atoms with E-state index in [2.05, 4.69) is 5.32 Å². The summed E-state index contributed by atoms with van der Waals surface area (Å²) in [7, 11) is 3.68. The maximum Gasteiger partial charge on any atom is 0.323 e. The van der Waals surface area contributed by atoms with E-state index in [1.165, 1.54) is 11.0 Å². The Hall–Kier alpha value is -1.50. The number of nitrogens with one attached hydrogen (secondary N) is 1. The molecule has 21 heavy (non-hydrogen) atoms. The fourth-order valence-corrected chi connectivity index (χ4v) is 1.86. The minimum absolute atomic E-state index is 0.281. The predicted molar refractivity (Wildman–Crippen MR) is 83.2 cm³/mol. The zero-order chi connectivity index (χ0) is 16.0. The molecule has 0 aliphatic rings. The number of carbonyl (C=O) groups excluding carboxylic acids is 1. The highest BCUT2D eigenvalue weighted by molar-refractivity contribution is 6.35. The molecular weight excluding hydrogens is 317 g/mol. The highest BCUT2D eigenvalue weighted by Crippen LogP contribution is 2.25. The van der Waals surface area contributed by atoms with Crippen LogP contribution in [0, 0.1) is 0 Å². The molecule has 0 aromatic heterocycles. The Morgan fingerprint density at radius 3 is 2.48 bits per heavy atom. The van der Waals surface area contributed by atoms with Gasteiger partial charge in [-0.2, -0.15) is 0 Å². The van der Waals surface area contributed by atoms with Gasteiger partial charge in [0.05, 0.1) is 10.7 Å². The van der Waals surface area contributed by atoms with Gasteiger partial charge >= 0.3 is 12.0 Å². The van der Waals surface area contributed by atoms with Crippen molar-refractivity contribution in [1.29, 1.82) is 0 Å². The van der Waals surface area contributed by atoms with Gasteiger partial charge in [-0.25, -0.2) is 4.79 Å². The molecule has 0 fully saturated rings. The van der Waals surface area contributed by atoms with E-state index in [0.717, 1.165) is 0 Å². The number of halogens is 2. The smallest absolute Gasteiger partial charge is 0.323 e. The molecule has 1 aromatic rings. The van der Waals surface area contributed by atoms with Gasteiger partial charge in [0, 0.05) is 18.1 Å². The number of carboxylic acids is 1. The molecule has 116 valence electrons. The summed E-state index contributed by atoms with van der Waals surface area (Å²) in [6.45, 7) is 0.436. The molecule has 0 saturated heterocycles. The van der Waals surface area contributed by atoms with Gasteiger partial charge in [0.2, 0.25) is 0 Å². The lowest BCUT2D eigenvalue weighted by Gasteiger charge is -2.23. The second-order valence-corrected chi connectivity index (χ2v) is 5.52. The molecule has 0 aliphatic carbocycles. The number of rotatable bonds is 6. The molecule has 6 nitrogen and oxygen atoms in total. The maximum absolute atomic E-state index is 12.2. The van der Waals surface area contributed by atoms with E-state index in [-0.39, 0.29) is 6.54 Å². The first-order chi connectivity index (χ1) is 9.79. The second kappa shape index (κ2) is 8.07. The van der Waals surface area contributed by atoms with E-state index >= 15 is 0 Å². The van der Waals surface area contributed by atoms with Crippen molar-refractivity contribution in [3.8, 4) is 0 Å². The Kier molecular flexibility index (Phi) is 6.74. The summed E-state index contributed by atoms with van der Waals surface area (Å²) in [5.41, 5.74) is 0.342. The third-order valence-electron chi connectivity index (χ3n) is 2.60. The average molecular weight is 334 g/mol. The summed E-state index contributed by atoms with van der Waals surface area (Å²) in [5, 5.41) is 12.2. The standard InChI is InChI=1S/C13H17Cl2N3O3/c1-17(2)5-6-18(8-12(19)20)13(21)16-11-7-9(14)3-4-10(11)15/h3-4,7H,5-6,8H2,1-2H3,(H,16,21)(H,19,20). The van der Waals surface area contributed by atoms with Crippen LogP contribution < -0.4 is 5.32 Å².